The van der Waals surface area contributed by atoms with Crippen LogP contribution in [0, 0.1) is 0 Å². The molecule has 1 rings (SSSR count). The summed E-state index contributed by atoms with van der Waals surface area (Å²) in [6, 6.07) is 0. The Morgan fingerprint density at radius 2 is 2.44 bits per heavy atom. The van der Waals surface area contributed by atoms with Gasteiger partial charge in [-0.25, -0.2) is 0 Å². The molecule has 0 aliphatic carbocycles. The third-order valence-corrected chi connectivity index (χ3v) is 2.61. The Morgan fingerprint density at radius 1 is 1.62 bits per heavy atom. The monoisotopic (exact) mass is 229 g/mol. The molecule has 0 bridgehead atoms. The van der Waals surface area contributed by atoms with Gasteiger partial charge >= 0.3 is 0 Å². The van der Waals surface area contributed by atoms with Crippen LogP contribution >= 0.6 is 0 Å². The molecule has 1 fully saturated rings. The van der Waals surface area contributed by atoms with Gasteiger partial charge in [-0.05, 0) is 13.0 Å². The van der Waals surface area contributed by atoms with Crippen LogP contribution < -0.4 is 5.73 Å². The molecule has 1 aliphatic rings. The van der Waals surface area contributed by atoms with Crippen LogP contribution in [0.1, 0.15) is 13.3 Å². The fraction of sp³-hybridized carbons (Fsp3) is 0.909. The molecule has 0 spiro atoms. The van der Waals surface area contributed by atoms with Gasteiger partial charge < -0.3 is 15.2 Å². The molecule has 0 amide bonds. The Morgan fingerprint density at radius 3 is 3.12 bits per heavy atom. The van der Waals surface area contributed by atoms with Crippen molar-refractivity contribution in [3.63, 3.8) is 0 Å². The summed E-state index contributed by atoms with van der Waals surface area (Å²) in [5.41, 5.74) is 5.89. The van der Waals surface area contributed by atoms with Crippen molar-refractivity contribution < 1.29 is 9.47 Å². The van der Waals surface area contributed by atoms with E-state index in [0.717, 1.165) is 32.7 Å². The number of nitrogens with zero attached hydrogens (tertiary/aromatic N) is 2. The first kappa shape index (κ1) is 13.4. The van der Waals surface area contributed by atoms with Crippen molar-refractivity contribution in [2.24, 2.45) is 10.7 Å². The number of morpholine rings is 1. The Balaban J connectivity index is 2.36. The predicted octanol–water partition coefficient (Wildman–Crippen LogP) is 0.101. The molecule has 0 aromatic rings. The number of methoxy groups -OCH3 is 1. The van der Waals surface area contributed by atoms with Crippen LogP contribution in [0.4, 0.5) is 0 Å². The second-order valence-corrected chi connectivity index (χ2v) is 3.96. The number of hydrogen-bond donors (Lipinski definition) is 1. The fourth-order valence-electron chi connectivity index (χ4n) is 1.77. The smallest absolute Gasteiger partial charge is 0.127 e. The number of amidine groups is 1. The Labute approximate surface area is 97.6 Å². The Kier molecular flexibility index (Phi) is 6.37. The van der Waals surface area contributed by atoms with E-state index in [9.17, 15) is 0 Å². The predicted molar refractivity (Wildman–Crippen MR) is 64.8 cm³/mol. The highest BCUT2D eigenvalue weighted by Gasteiger charge is 2.22. The average Bonchev–Trinajstić information content (AvgIpc) is 2.30. The number of nitrogens with two attached hydrogens (primary N) is 1. The number of aliphatic imine (C=N–C) groups is 1. The van der Waals surface area contributed by atoms with Gasteiger partial charge in [-0.1, -0.05) is 6.92 Å². The van der Waals surface area contributed by atoms with E-state index < -0.39 is 0 Å². The topological polar surface area (TPSA) is 60.1 Å². The minimum atomic E-state index is -0.0443. The normalized spacial score (nSPS) is 23.6. The van der Waals surface area contributed by atoms with Crippen LogP contribution in [0.25, 0.3) is 0 Å². The van der Waals surface area contributed by atoms with Crippen LogP contribution in [-0.4, -0.2) is 63.3 Å². The van der Waals surface area contributed by atoms with E-state index in [1.165, 1.54) is 0 Å². The van der Waals surface area contributed by atoms with Crippen molar-refractivity contribution in [2.45, 2.75) is 19.4 Å². The Bertz CT molecular complexity index is 219. The summed E-state index contributed by atoms with van der Waals surface area (Å²) in [5.74, 6) is 0.595. The molecule has 1 heterocycles. The van der Waals surface area contributed by atoms with Gasteiger partial charge in [0, 0.05) is 20.2 Å². The maximum Gasteiger partial charge on any atom is 0.127 e. The van der Waals surface area contributed by atoms with Gasteiger partial charge in [0.25, 0.3) is 0 Å². The molecule has 1 atom stereocenters. The van der Waals surface area contributed by atoms with Crippen molar-refractivity contribution >= 4 is 5.84 Å². The molecule has 0 aromatic carbocycles. The first-order valence-electron chi connectivity index (χ1n) is 5.90. The second kappa shape index (κ2) is 7.60. The quantitative estimate of drug-likeness (QED) is 0.399. The van der Waals surface area contributed by atoms with Crippen molar-refractivity contribution in [1.82, 2.24) is 4.90 Å². The lowest BCUT2D eigenvalue weighted by molar-refractivity contribution is 0.00600. The highest BCUT2D eigenvalue weighted by molar-refractivity contribution is 5.85. The molecule has 0 radical (unpaired) electrons. The number of rotatable bonds is 6. The van der Waals surface area contributed by atoms with Crippen molar-refractivity contribution in [3.05, 3.63) is 0 Å². The van der Waals surface area contributed by atoms with Gasteiger partial charge in [0.15, 0.2) is 0 Å². The zero-order valence-corrected chi connectivity index (χ0v) is 10.3. The summed E-state index contributed by atoms with van der Waals surface area (Å²) in [7, 11) is 1.66. The standard InChI is InChI=1S/C11H23N3O2/c1-3-5-14-6-8-16-10(9-14)11(12)13-4-7-15-2/h10H,3-9H2,1-2H3,(H2,12,13). The molecule has 94 valence electrons. The van der Waals surface area contributed by atoms with Gasteiger partial charge in [-0.3, -0.25) is 9.89 Å². The highest BCUT2D eigenvalue weighted by atomic mass is 16.5. The lowest BCUT2D eigenvalue weighted by Crippen LogP contribution is -2.48. The SMILES string of the molecule is CCCN1CCOC(C(N)=NCCOC)C1. The van der Waals surface area contributed by atoms with Crippen LogP contribution in [0.2, 0.25) is 0 Å². The third-order valence-electron chi connectivity index (χ3n) is 2.61. The van der Waals surface area contributed by atoms with E-state index in [2.05, 4.69) is 16.8 Å². The molecular formula is C11H23N3O2. The minimum absolute atomic E-state index is 0.0443. The summed E-state index contributed by atoms with van der Waals surface area (Å²) < 4.78 is 10.5. The maximum absolute atomic E-state index is 5.89. The van der Waals surface area contributed by atoms with Crippen LogP contribution in [0.5, 0.6) is 0 Å². The van der Waals surface area contributed by atoms with Gasteiger partial charge in [0.05, 0.1) is 19.8 Å². The van der Waals surface area contributed by atoms with Gasteiger partial charge in [0.2, 0.25) is 0 Å². The summed E-state index contributed by atoms with van der Waals surface area (Å²) in [6.07, 6.45) is 1.12. The van der Waals surface area contributed by atoms with E-state index in [4.69, 9.17) is 15.2 Å². The van der Waals surface area contributed by atoms with Crippen LogP contribution in [0.3, 0.4) is 0 Å². The first-order valence-corrected chi connectivity index (χ1v) is 5.90. The molecule has 1 unspecified atom stereocenters. The summed E-state index contributed by atoms with van der Waals surface area (Å²) in [5, 5.41) is 0. The molecule has 1 aliphatic heterocycles. The minimum Gasteiger partial charge on any atom is -0.385 e. The molecular weight excluding hydrogens is 206 g/mol. The Hall–Kier alpha value is -0.650. The fourth-order valence-corrected chi connectivity index (χ4v) is 1.77. The molecule has 1 saturated heterocycles. The summed E-state index contributed by atoms with van der Waals surface area (Å²) in [4.78, 5) is 6.62. The van der Waals surface area contributed by atoms with Crippen molar-refractivity contribution in [1.29, 1.82) is 0 Å². The zero-order valence-electron chi connectivity index (χ0n) is 10.3. The van der Waals surface area contributed by atoms with E-state index in [1.54, 1.807) is 7.11 Å². The number of hydrogen-bond acceptors (Lipinski definition) is 4. The van der Waals surface area contributed by atoms with Gasteiger partial charge in [-0.2, -0.15) is 0 Å². The molecule has 5 heteroatoms. The van der Waals surface area contributed by atoms with Crippen LogP contribution in [0.15, 0.2) is 4.99 Å². The molecule has 2 N–H and O–H groups in total. The van der Waals surface area contributed by atoms with E-state index >= 15 is 0 Å². The maximum atomic E-state index is 5.89. The van der Waals surface area contributed by atoms with E-state index in [1.807, 2.05) is 0 Å². The number of ether oxygens (including phenoxy) is 2. The van der Waals surface area contributed by atoms with Gasteiger partial charge in [-0.15, -0.1) is 0 Å². The first-order chi connectivity index (χ1) is 7.77. The molecule has 5 nitrogen and oxygen atoms in total. The summed E-state index contributed by atoms with van der Waals surface area (Å²) >= 11 is 0. The van der Waals surface area contributed by atoms with Gasteiger partial charge in [0.1, 0.15) is 11.9 Å². The lowest BCUT2D eigenvalue weighted by atomic mass is 10.2. The van der Waals surface area contributed by atoms with E-state index in [0.29, 0.717) is 19.0 Å². The van der Waals surface area contributed by atoms with Crippen molar-refractivity contribution in [3.8, 4) is 0 Å². The average molecular weight is 229 g/mol. The van der Waals surface area contributed by atoms with Crippen molar-refractivity contribution in [2.75, 3.05) is 46.5 Å². The third kappa shape index (κ3) is 4.47. The largest absolute Gasteiger partial charge is 0.385 e. The van der Waals surface area contributed by atoms with E-state index in [-0.39, 0.29) is 6.10 Å². The highest BCUT2D eigenvalue weighted by Crippen LogP contribution is 2.05. The molecule has 0 aromatic heterocycles. The lowest BCUT2D eigenvalue weighted by Gasteiger charge is -2.32. The second-order valence-electron chi connectivity index (χ2n) is 3.96. The summed E-state index contributed by atoms with van der Waals surface area (Å²) in [6.45, 7) is 7.09. The molecule has 16 heavy (non-hydrogen) atoms. The zero-order chi connectivity index (χ0) is 11.8. The molecule has 0 saturated carbocycles. The van der Waals surface area contributed by atoms with Crippen LogP contribution in [-0.2, 0) is 9.47 Å².